The number of anilines is 1. The number of rotatable bonds is 28. The third kappa shape index (κ3) is 21.7. The summed E-state index contributed by atoms with van der Waals surface area (Å²) in [6.07, 6.45) is 5.73. The Hall–Kier alpha value is -8.69. The standard InChI is InChI=1S/C35H38N10O8S.C18H15O9PS3.C6H13NO5.Tc/c1-20-13-21(2)31(22(3)14-20)54(52,53)43-27(34(49)50)18-40-33(48)26-19-44(11-4-9-37-32(47)24-6-8-29(42-36)39-17-24)28-15-23(5-7-25(28)30(26)46)16-41-35-38-10-12-45(35)51;19-29(20,21)16-7-1-13(2-8-16)28(14-3-9-17(10-4-14)30(22,23)24)15-5-11-18(12-6-15)31(25,26)27;8-2-6(3-9,4-10)7-1-5(11)12;/h5-8,10,12-15,17,19,27,36,43,51H,4,9,11,16,18H2,1-3H3,(H,37,47)(H,38,41)(H,40,48)(H,49,50);1-12H,(H,19,20,21)(H,22,23,24)(H,25,26,27);7-10H,1-4H2,(H,11,12);/p-3/i;;;1+1. The molecular formula is C59H63N11O22PS4Tc-3. The van der Waals surface area contributed by atoms with Crippen molar-refractivity contribution < 1.29 is 117 Å². The van der Waals surface area contributed by atoms with Crippen molar-refractivity contribution >= 4 is 111 Å². The van der Waals surface area contributed by atoms with Crippen LogP contribution in [-0.2, 0) is 83.2 Å². The number of nitrogens with zero attached hydrogens (tertiary/aromatic N) is 5. The molecule has 1 atom stereocenters. The first-order chi connectivity index (χ1) is 45.5. The van der Waals surface area contributed by atoms with Gasteiger partial charge in [-0.15, -0.1) is 5.11 Å². The molecule has 8 rings (SSSR count). The summed E-state index contributed by atoms with van der Waals surface area (Å²) >= 11 is 0. The molecule has 0 aliphatic carbocycles. The predicted molar refractivity (Wildman–Crippen MR) is 344 cm³/mol. The Bertz CT molecular complexity index is 4510. The van der Waals surface area contributed by atoms with Crippen LogP contribution in [0.4, 0.5) is 11.8 Å². The van der Waals surface area contributed by atoms with Gasteiger partial charge in [0.25, 0.3) is 11.8 Å². The Kier molecular flexibility index (Phi) is 28.3. The molecule has 0 aliphatic heterocycles. The maximum atomic E-state index is 13.7. The van der Waals surface area contributed by atoms with Crippen molar-refractivity contribution in [2.45, 2.75) is 71.4 Å². The zero-order chi connectivity index (χ0) is 71.8. The molecule has 5 aromatic carbocycles. The van der Waals surface area contributed by atoms with Crippen LogP contribution >= 0.6 is 7.92 Å². The number of carboxylic acid groups (broad SMARTS) is 2. The first-order valence-corrected chi connectivity index (χ1v) is 35.2. The van der Waals surface area contributed by atoms with E-state index in [-0.39, 0.29) is 72.9 Å². The molecule has 39 heteroatoms. The number of nitrogens with one attached hydrogen (secondary N) is 6. The average molecular weight is 1540 g/mol. The molecule has 3 aromatic heterocycles. The summed E-state index contributed by atoms with van der Waals surface area (Å²) in [6, 6.07) is 24.6. The van der Waals surface area contributed by atoms with Crippen LogP contribution in [0.2, 0.25) is 0 Å². The molecular weight excluding hydrogens is 1470 g/mol. The van der Waals surface area contributed by atoms with Crippen molar-refractivity contribution in [3.63, 3.8) is 0 Å². The number of hydrogen-bond acceptors (Lipinski definition) is 26. The number of amides is 2. The van der Waals surface area contributed by atoms with Crippen LogP contribution in [0.15, 0.2) is 170 Å². The summed E-state index contributed by atoms with van der Waals surface area (Å²) < 4.78 is 132. The van der Waals surface area contributed by atoms with Gasteiger partial charge in [-0.25, -0.2) is 49.2 Å². The molecule has 0 bridgehead atoms. The van der Waals surface area contributed by atoms with Gasteiger partial charge in [0.05, 0.1) is 75.0 Å². The third-order valence-electron chi connectivity index (χ3n) is 14.1. The minimum atomic E-state index is -4.66. The zero-order valence-corrected chi connectivity index (χ0v) is 57.6. The van der Waals surface area contributed by atoms with Crippen molar-refractivity contribution in [2.24, 2.45) is 5.11 Å². The van der Waals surface area contributed by atoms with E-state index in [0.29, 0.717) is 44.5 Å². The van der Waals surface area contributed by atoms with E-state index in [1.165, 1.54) is 79.4 Å². The van der Waals surface area contributed by atoms with Gasteiger partial charge in [0.15, 0.2) is 5.82 Å². The minimum Gasteiger partial charge on any atom is -0.744 e. The number of imidazole rings is 1. The van der Waals surface area contributed by atoms with Crippen molar-refractivity contribution in [3.8, 4) is 0 Å². The van der Waals surface area contributed by atoms with Crippen molar-refractivity contribution in [1.29, 1.82) is 5.53 Å². The van der Waals surface area contributed by atoms with Crippen LogP contribution in [0.3, 0.4) is 0 Å². The van der Waals surface area contributed by atoms with Crippen LogP contribution in [0, 0.1) is 26.3 Å². The number of sulfonamides is 1. The molecule has 525 valence electrons. The van der Waals surface area contributed by atoms with Crippen LogP contribution < -0.4 is 47.3 Å². The number of aliphatic hydroxyl groups excluding tert-OH is 3. The number of carboxylic acids is 2. The van der Waals surface area contributed by atoms with Crippen molar-refractivity contribution in [3.05, 3.63) is 184 Å². The Morgan fingerprint density at radius 1 is 0.704 bits per heavy atom. The summed E-state index contributed by atoms with van der Waals surface area (Å²) in [7, 11) is -19.8. The smallest absolute Gasteiger partial charge is 0.323 e. The van der Waals surface area contributed by atoms with Crippen LogP contribution in [0.1, 0.15) is 49.4 Å². The van der Waals surface area contributed by atoms with Gasteiger partial charge in [-0.1, -0.05) is 60.2 Å². The SMILES string of the molecule is Cc1cc(C)c(S(=O)(=O)NC(CNC(=O)c2cn(CCCNC(=O)c3ccc(N=N)nc3)c3cc(CNc4nccn4O)ccc3c2=O)C(=O)O)c(C)c1.O=C(O)CNC(CO)(CO)CO.O=S(=O)([O-])c1ccc(P(c2ccc(S(=O)(=O)[O-])cc2)c2ccc(S(=O)(=O)[O-])cc2)cc1.[99Tc]. The number of aryl methyl sites for hydroxylation is 4. The van der Waals surface area contributed by atoms with Gasteiger partial charge in [0.1, 0.15) is 42.0 Å². The molecule has 1 unspecified atom stereocenters. The predicted octanol–water partition coefficient (Wildman–Crippen LogP) is 0.543. The van der Waals surface area contributed by atoms with Crippen molar-refractivity contribution in [2.75, 3.05) is 44.8 Å². The normalized spacial score (nSPS) is 12.0. The van der Waals surface area contributed by atoms with Gasteiger partial charge in [-0.2, -0.15) is 9.45 Å². The second-order valence-electron chi connectivity index (χ2n) is 21.1. The zero-order valence-electron chi connectivity index (χ0n) is 51.6. The fourth-order valence-electron chi connectivity index (χ4n) is 9.26. The fraction of sp³-hybridized carbons (Fsp3) is 0.237. The molecule has 0 saturated carbocycles. The topological polar surface area (TPSA) is 544 Å². The molecule has 2 amide bonds. The van der Waals surface area contributed by atoms with Gasteiger partial charge in [-0.3, -0.25) is 29.3 Å². The number of aliphatic hydroxyl groups is 3. The third-order valence-corrected chi connectivity index (χ3v) is 20.8. The van der Waals surface area contributed by atoms with Crippen LogP contribution in [0.5, 0.6) is 0 Å². The maximum Gasteiger partial charge on any atom is 0.323 e. The second kappa shape index (κ2) is 34.7. The molecule has 0 fully saturated rings. The molecule has 12 N–H and O–H groups in total. The molecule has 0 saturated heterocycles. The number of aromatic nitrogens is 4. The summed E-state index contributed by atoms with van der Waals surface area (Å²) in [4.78, 5) is 68.6. The molecule has 33 nitrogen and oxygen atoms in total. The summed E-state index contributed by atoms with van der Waals surface area (Å²) in [5, 5.41) is 69.7. The van der Waals surface area contributed by atoms with Gasteiger partial charge >= 0.3 is 11.9 Å². The van der Waals surface area contributed by atoms with E-state index >= 15 is 0 Å². The second-order valence-corrected chi connectivity index (χ2v) is 29.1. The average Bonchev–Trinajstić information content (AvgIpc) is 0.897. The molecule has 98 heavy (non-hydrogen) atoms. The van der Waals surface area contributed by atoms with Crippen LogP contribution in [-0.4, -0.2) is 172 Å². The molecule has 3 heterocycles. The van der Waals surface area contributed by atoms with Gasteiger partial charge in [0, 0.05) is 64.1 Å². The first kappa shape index (κ1) is 80.0. The number of benzene rings is 5. The summed E-state index contributed by atoms with van der Waals surface area (Å²) in [5.41, 5.74) is 7.85. The molecule has 0 aliphatic rings. The van der Waals surface area contributed by atoms with E-state index in [1.807, 2.05) is 6.92 Å². The fourth-order valence-corrected chi connectivity index (χ4v) is 14.5. The van der Waals surface area contributed by atoms with Crippen molar-refractivity contribution in [1.82, 2.24) is 39.9 Å². The van der Waals surface area contributed by atoms with Gasteiger partial charge in [0.2, 0.25) is 21.4 Å². The minimum absolute atomic E-state index is 0. The van der Waals surface area contributed by atoms with Crippen LogP contribution in [0.25, 0.3) is 10.9 Å². The number of pyridine rings is 2. The summed E-state index contributed by atoms with van der Waals surface area (Å²) in [6.45, 7) is 2.99. The number of carbonyl (C=O) groups is 4. The molecule has 0 spiro atoms. The van der Waals surface area contributed by atoms with E-state index in [1.54, 1.807) is 42.7 Å². The number of hydrogen-bond donors (Lipinski definition) is 12. The van der Waals surface area contributed by atoms with E-state index in [2.05, 4.69) is 41.1 Å². The van der Waals surface area contributed by atoms with E-state index in [0.717, 1.165) is 46.7 Å². The number of aliphatic carboxylic acids is 2. The maximum absolute atomic E-state index is 13.7. The Morgan fingerprint density at radius 3 is 1.65 bits per heavy atom. The van der Waals surface area contributed by atoms with E-state index < -0.39 is 137 Å². The Labute approximate surface area is 574 Å². The number of fused-ring (bicyclic) bond motifs is 1. The Balaban J connectivity index is 0.000000330. The van der Waals surface area contributed by atoms with Gasteiger partial charge < -0.3 is 64.9 Å². The largest absolute Gasteiger partial charge is 0.744 e. The molecule has 8 aromatic rings. The summed E-state index contributed by atoms with van der Waals surface area (Å²) in [5.74, 6) is -3.64. The monoisotopic (exact) mass is 1540 g/mol. The first-order valence-electron chi connectivity index (χ1n) is 28.2. The van der Waals surface area contributed by atoms with E-state index in [9.17, 15) is 81.6 Å². The molecule has 1 radical (unpaired) electrons. The quantitative estimate of drug-likeness (QED) is 0.0105. The van der Waals surface area contributed by atoms with E-state index in [4.69, 9.17) is 26.0 Å². The Morgan fingerprint density at radius 2 is 1.22 bits per heavy atom. The van der Waals surface area contributed by atoms with Gasteiger partial charge in [-0.05, 0) is 128 Å². The number of carbonyl (C=O) groups excluding carboxylic acids is 2.